The van der Waals surface area contributed by atoms with Crippen molar-refractivity contribution in [2.75, 3.05) is 10.6 Å². The Morgan fingerprint density at radius 2 is 1.74 bits per heavy atom. The average molecular weight is 388 g/mol. The van der Waals surface area contributed by atoms with Crippen molar-refractivity contribution < 1.29 is 23.1 Å². The lowest BCUT2D eigenvalue weighted by Crippen LogP contribution is -2.15. The van der Waals surface area contributed by atoms with Crippen molar-refractivity contribution in [2.24, 2.45) is 0 Å². The molecule has 0 spiro atoms. The van der Waals surface area contributed by atoms with Crippen LogP contribution in [-0.4, -0.2) is 18.4 Å². The molecule has 138 valence electrons. The van der Waals surface area contributed by atoms with Gasteiger partial charge in [-0.2, -0.15) is 8.78 Å². The topological polar surface area (TPSA) is 67.4 Å². The van der Waals surface area contributed by atoms with E-state index in [1.807, 2.05) is 0 Å². The minimum absolute atomic E-state index is 0.121. The number of halogens is 2. The van der Waals surface area contributed by atoms with Crippen molar-refractivity contribution in [2.45, 2.75) is 6.61 Å². The van der Waals surface area contributed by atoms with E-state index in [0.29, 0.717) is 10.6 Å². The number of nitrogens with one attached hydrogen (secondary N) is 2. The van der Waals surface area contributed by atoms with Crippen LogP contribution in [0.4, 0.5) is 20.2 Å². The third-order valence-corrected chi connectivity index (χ3v) is 4.35. The molecule has 2 aromatic carbocycles. The molecular formula is C19H14F2N2O3S. The molecule has 5 nitrogen and oxygen atoms in total. The highest BCUT2D eigenvalue weighted by Crippen LogP contribution is 2.26. The van der Waals surface area contributed by atoms with E-state index in [9.17, 15) is 18.4 Å². The fourth-order valence-electron chi connectivity index (χ4n) is 2.30. The molecule has 1 heterocycles. The number of carbonyl (C=O) groups is 2. The van der Waals surface area contributed by atoms with Crippen molar-refractivity contribution in [1.82, 2.24) is 0 Å². The molecule has 0 aliphatic rings. The van der Waals surface area contributed by atoms with Gasteiger partial charge >= 0.3 is 6.61 Å². The Balaban J connectivity index is 1.73. The molecule has 0 saturated heterocycles. The average Bonchev–Trinajstić information content (AvgIpc) is 3.18. The van der Waals surface area contributed by atoms with Crippen molar-refractivity contribution >= 4 is 34.5 Å². The molecule has 2 N–H and O–H groups in total. The van der Waals surface area contributed by atoms with Gasteiger partial charge in [-0.25, -0.2) is 0 Å². The quantitative estimate of drug-likeness (QED) is 0.634. The number of alkyl halides is 2. The van der Waals surface area contributed by atoms with Gasteiger partial charge in [-0.05, 0) is 41.8 Å². The zero-order valence-electron chi connectivity index (χ0n) is 13.8. The molecule has 0 aliphatic carbocycles. The Morgan fingerprint density at radius 1 is 0.926 bits per heavy atom. The molecule has 0 radical (unpaired) electrons. The minimum atomic E-state index is -3.00. The number of hydrogen-bond acceptors (Lipinski definition) is 4. The summed E-state index contributed by atoms with van der Waals surface area (Å²) in [6.07, 6.45) is 0. The number of carbonyl (C=O) groups excluding carboxylic acids is 2. The van der Waals surface area contributed by atoms with Crippen LogP contribution in [0.3, 0.4) is 0 Å². The lowest BCUT2D eigenvalue weighted by atomic mass is 10.1. The number of amides is 2. The van der Waals surface area contributed by atoms with Crippen LogP contribution >= 0.6 is 11.3 Å². The van der Waals surface area contributed by atoms with Crippen molar-refractivity contribution in [3.63, 3.8) is 0 Å². The first kappa shape index (κ1) is 18.5. The lowest BCUT2D eigenvalue weighted by Gasteiger charge is -2.12. The number of anilines is 2. The second kappa shape index (κ2) is 8.41. The molecule has 3 aromatic rings. The fraction of sp³-hybridized carbons (Fsp3) is 0.0526. The van der Waals surface area contributed by atoms with Crippen molar-refractivity contribution in [3.8, 4) is 5.75 Å². The summed E-state index contributed by atoms with van der Waals surface area (Å²) in [5.41, 5.74) is 0.819. The zero-order valence-corrected chi connectivity index (χ0v) is 14.6. The Morgan fingerprint density at radius 3 is 2.48 bits per heavy atom. The van der Waals surface area contributed by atoms with Crippen LogP contribution in [0, 0.1) is 0 Å². The second-order valence-electron chi connectivity index (χ2n) is 5.34. The van der Waals surface area contributed by atoms with E-state index in [-0.39, 0.29) is 22.9 Å². The molecule has 3 rings (SSSR count). The maximum Gasteiger partial charge on any atom is 0.387 e. The van der Waals surface area contributed by atoms with Crippen molar-refractivity contribution in [3.05, 3.63) is 76.5 Å². The third-order valence-electron chi connectivity index (χ3n) is 3.48. The number of rotatable bonds is 6. The number of para-hydroxylation sites is 2. The van der Waals surface area contributed by atoms with Crippen LogP contribution in [0.15, 0.2) is 66.0 Å². The standard InChI is InChI=1S/C19H14F2N2O3S/c20-19(21)26-15-8-2-1-7-14(15)23-17(24)12-5-3-6-13(11-12)22-18(25)16-9-4-10-27-16/h1-11,19H,(H,22,25)(H,23,24). The molecular weight excluding hydrogens is 374 g/mol. The van der Waals surface area contributed by atoms with Crippen LogP contribution in [0.2, 0.25) is 0 Å². The van der Waals surface area contributed by atoms with Gasteiger partial charge in [-0.1, -0.05) is 24.3 Å². The predicted molar refractivity (Wildman–Crippen MR) is 99.7 cm³/mol. The summed E-state index contributed by atoms with van der Waals surface area (Å²) in [5.74, 6) is -0.936. The first-order chi connectivity index (χ1) is 13.0. The Kier molecular flexibility index (Phi) is 5.77. The summed E-state index contributed by atoms with van der Waals surface area (Å²) in [5, 5.41) is 7.03. The van der Waals surface area contributed by atoms with Gasteiger partial charge in [0.05, 0.1) is 10.6 Å². The molecule has 8 heteroatoms. The minimum Gasteiger partial charge on any atom is -0.433 e. The molecule has 2 amide bonds. The van der Waals surface area contributed by atoms with E-state index < -0.39 is 12.5 Å². The molecule has 0 fully saturated rings. The van der Waals surface area contributed by atoms with Gasteiger partial charge in [0.15, 0.2) is 0 Å². The number of hydrogen-bond donors (Lipinski definition) is 2. The molecule has 0 aliphatic heterocycles. The van der Waals surface area contributed by atoms with Gasteiger partial charge in [0.1, 0.15) is 5.75 Å². The smallest absolute Gasteiger partial charge is 0.387 e. The van der Waals surface area contributed by atoms with E-state index in [0.717, 1.165) is 0 Å². The first-order valence-electron chi connectivity index (χ1n) is 7.83. The maximum absolute atomic E-state index is 12.5. The highest BCUT2D eigenvalue weighted by Gasteiger charge is 2.14. The molecule has 0 atom stereocenters. The van der Waals surface area contributed by atoms with Crippen LogP contribution in [0.1, 0.15) is 20.0 Å². The Labute approximate surface area is 157 Å². The first-order valence-corrected chi connectivity index (χ1v) is 8.71. The summed E-state index contributed by atoms with van der Waals surface area (Å²) in [4.78, 5) is 25.1. The largest absolute Gasteiger partial charge is 0.433 e. The summed E-state index contributed by atoms with van der Waals surface area (Å²) >= 11 is 1.30. The highest BCUT2D eigenvalue weighted by atomic mass is 32.1. The number of thiophene rings is 1. The third kappa shape index (κ3) is 4.89. The monoisotopic (exact) mass is 388 g/mol. The van der Waals surface area contributed by atoms with E-state index in [2.05, 4.69) is 15.4 Å². The molecule has 1 aromatic heterocycles. The summed E-state index contributed by atoms with van der Waals surface area (Å²) in [6.45, 7) is -3.00. The Hall–Kier alpha value is -3.26. The van der Waals surface area contributed by atoms with Gasteiger partial charge in [0.2, 0.25) is 0 Å². The second-order valence-corrected chi connectivity index (χ2v) is 6.29. The van der Waals surface area contributed by atoms with Gasteiger partial charge in [0.25, 0.3) is 11.8 Å². The van der Waals surface area contributed by atoms with Crippen LogP contribution < -0.4 is 15.4 Å². The zero-order chi connectivity index (χ0) is 19.2. The maximum atomic E-state index is 12.5. The normalized spacial score (nSPS) is 10.5. The fourth-order valence-corrected chi connectivity index (χ4v) is 2.92. The lowest BCUT2D eigenvalue weighted by molar-refractivity contribution is -0.0493. The molecule has 27 heavy (non-hydrogen) atoms. The van der Waals surface area contributed by atoms with Crippen LogP contribution in [-0.2, 0) is 0 Å². The van der Waals surface area contributed by atoms with E-state index in [1.165, 1.54) is 35.6 Å². The predicted octanol–water partition coefficient (Wildman–Crippen LogP) is 4.85. The van der Waals surface area contributed by atoms with Gasteiger partial charge in [0, 0.05) is 11.3 Å². The summed E-state index contributed by atoms with van der Waals surface area (Å²) in [6, 6.07) is 15.7. The van der Waals surface area contributed by atoms with Gasteiger partial charge in [-0.3, -0.25) is 9.59 Å². The van der Waals surface area contributed by atoms with Crippen molar-refractivity contribution in [1.29, 1.82) is 0 Å². The van der Waals surface area contributed by atoms with E-state index in [1.54, 1.807) is 41.8 Å². The Bertz CT molecular complexity index is 946. The van der Waals surface area contributed by atoms with E-state index in [4.69, 9.17) is 0 Å². The highest BCUT2D eigenvalue weighted by molar-refractivity contribution is 7.12. The van der Waals surface area contributed by atoms with Gasteiger partial charge < -0.3 is 15.4 Å². The van der Waals surface area contributed by atoms with E-state index >= 15 is 0 Å². The van der Waals surface area contributed by atoms with Gasteiger partial charge in [-0.15, -0.1) is 11.3 Å². The molecule has 0 saturated carbocycles. The number of ether oxygens (including phenoxy) is 1. The summed E-state index contributed by atoms with van der Waals surface area (Å²) in [7, 11) is 0. The number of benzene rings is 2. The SMILES string of the molecule is O=C(Nc1ccccc1OC(F)F)c1cccc(NC(=O)c2cccs2)c1. The summed E-state index contributed by atoms with van der Waals surface area (Å²) < 4.78 is 29.4. The molecule has 0 unspecified atom stereocenters. The van der Waals surface area contributed by atoms with Crippen LogP contribution in [0.5, 0.6) is 5.75 Å². The van der Waals surface area contributed by atoms with Crippen LogP contribution in [0.25, 0.3) is 0 Å². The molecule has 0 bridgehead atoms.